The second-order valence-corrected chi connectivity index (χ2v) is 11.2. The number of Topliss-reactive ketones (excluding diaryl/α,β-unsaturated/α-hetero) is 1. The Labute approximate surface area is 261 Å². The fourth-order valence-electron chi connectivity index (χ4n) is 3.90. The maximum atomic E-state index is 12.2. The quantitative estimate of drug-likeness (QED) is 0.186. The summed E-state index contributed by atoms with van der Waals surface area (Å²) in [5.74, 6) is -3.01. The Morgan fingerprint density at radius 2 is 1.38 bits per heavy atom. The van der Waals surface area contributed by atoms with Crippen molar-refractivity contribution in [1.82, 2.24) is 0 Å². The van der Waals surface area contributed by atoms with Crippen molar-refractivity contribution >= 4 is 29.3 Å². The molecule has 0 radical (unpaired) electrons. The number of hydrogen-bond donors (Lipinski definition) is 0. The van der Waals surface area contributed by atoms with E-state index < -0.39 is 41.4 Å². The number of cyclic esters (lactones) is 1. The summed E-state index contributed by atoms with van der Waals surface area (Å²) in [6, 6.07) is 15.1. The van der Waals surface area contributed by atoms with Crippen LogP contribution in [-0.2, 0) is 38.1 Å². The van der Waals surface area contributed by atoms with E-state index in [0.717, 1.165) is 16.7 Å². The van der Waals surface area contributed by atoms with Gasteiger partial charge in [-0.05, 0) is 61.0 Å². The van der Waals surface area contributed by atoms with Gasteiger partial charge in [0.05, 0.1) is 18.8 Å². The number of benzene rings is 2. The number of esters is 3. The molecule has 0 amide bonds. The van der Waals surface area contributed by atoms with Crippen LogP contribution < -0.4 is 0 Å². The van der Waals surface area contributed by atoms with E-state index in [1.807, 2.05) is 64.1 Å². The Bertz CT molecular complexity index is 1360. The zero-order chi connectivity index (χ0) is 34.8. The second kappa shape index (κ2) is 16.2. The fourth-order valence-corrected chi connectivity index (χ4v) is 3.90. The Kier molecular flexibility index (Phi) is 14.0. The number of halogens is 3. The summed E-state index contributed by atoms with van der Waals surface area (Å²) < 4.78 is 58.1. The molecule has 2 aromatic rings. The van der Waals surface area contributed by atoms with Crippen LogP contribution in [0.2, 0.25) is 0 Å². The second-order valence-electron chi connectivity index (χ2n) is 11.2. The predicted molar refractivity (Wildman–Crippen MR) is 160 cm³/mol. The minimum absolute atomic E-state index is 0.162. The molecule has 45 heavy (non-hydrogen) atoms. The van der Waals surface area contributed by atoms with Crippen molar-refractivity contribution in [1.29, 1.82) is 0 Å². The van der Waals surface area contributed by atoms with Crippen molar-refractivity contribution in [2.24, 2.45) is 0 Å². The summed E-state index contributed by atoms with van der Waals surface area (Å²) >= 11 is 0. The van der Waals surface area contributed by atoms with Crippen LogP contribution in [0.1, 0.15) is 68.6 Å². The number of methoxy groups -OCH3 is 2. The van der Waals surface area contributed by atoms with Crippen molar-refractivity contribution in [2.75, 3.05) is 20.8 Å². The van der Waals surface area contributed by atoms with Crippen LogP contribution >= 0.6 is 0 Å². The maximum absolute atomic E-state index is 12.2. The van der Waals surface area contributed by atoms with Gasteiger partial charge in [-0.3, -0.25) is 4.79 Å². The molecule has 0 aliphatic carbocycles. The summed E-state index contributed by atoms with van der Waals surface area (Å²) in [6.45, 7) is 13.4. The lowest BCUT2D eigenvalue weighted by Crippen LogP contribution is -2.38. The van der Waals surface area contributed by atoms with Gasteiger partial charge in [-0.15, -0.1) is 0 Å². The first-order chi connectivity index (χ1) is 20.7. The first kappa shape index (κ1) is 38.8. The number of alkyl halides is 3. The Balaban J connectivity index is 0.000000352. The fraction of sp³-hybridized carbons (Fsp3) is 0.455. The van der Waals surface area contributed by atoms with E-state index in [-0.39, 0.29) is 12.4 Å². The van der Waals surface area contributed by atoms with E-state index in [2.05, 4.69) is 9.47 Å². The van der Waals surface area contributed by atoms with Crippen molar-refractivity contribution < 1.29 is 56.0 Å². The first-order valence-electron chi connectivity index (χ1n) is 13.9. The standard InChI is InChI=1S/C14H18O4.C14H16O3.C5H7F3O2/c1-10-5-7-11(8-6-10)13(16)14(2,3)18-12(15)9-17-4;1-9-5-7-10(8-6-9)11-12(16-4)13(15)17-14(11,2)3;1-3(2)10-4(9)5(6,7)8/h5-8H,9H2,1-4H3;5-8H,1-4H3;3H,1-2H3. The lowest BCUT2D eigenvalue weighted by molar-refractivity contribution is -0.203. The number of carbonyl (C=O) groups excluding carboxylic acids is 4. The summed E-state index contributed by atoms with van der Waals surface area (Å²) in [6.07, 6.45) is -5.60. The van der Waals surface area contributed by atoms with Crippen LogP contribution in [0.15, 0.2) is 54.3 Å². The van der Waals surface area contributed by atoms with Crippen LogP contribution in [0.25, 0.3) is 5.57 Å². The van der Waals surface area contributed by atoms with E-state index in [9.17, 15) is 32.3 Å². The van der Waals surface area contributed by atoms with Crippen LogP contribution in [-0.4, -0.2) is 68.0 Å². The maximum Gasteiger partial charge on any atom is 0.490 e. The van der Waals surface area contributed by atoms with Gasteiger partial charge in [-0.25, -0.2) is 14.4 Å². The third kappa shape index (κ3) is 12.0. The van der Waals surface area contributed by atoms with Crippen LogP contribution in [0.3, 0.4) is 0 Å². The van der Waals surface area contributed by atoms with Gasteiger partial charge < -0.3 is 23.7 Å². The number of hydrogen-bond acceptors (Lipinski definition) is 9. The van der Waals surface area contributed by atoms with Gasteiger partial charge in [-0.2, -0.15) is 13.2 Å². The van der Waals surface area contributed by atoms with Gasteiger partial charge >= 0.3 is 24.1 Å². The first-order valence-corrected chi connectivity index (χ1v) is 13.9. The minimum Gasteiger partial charge on any atom is -0.490 e. The summed E-state index contributed by atoms with van der Waals surface area (Å²) in [4.78, 5) is 45.1. The average molecular weight is 639 g/mol. The van der Waals surface area contributed by atoms with Gasteiger partial charge in [0.25, 0.3) is 0 Å². The average Bonchev–Trinajstić information content (AvgIpc) is 3.16. The number of ether oxygens (including phenoxy) is 5. The molecule has 12 heteroatoms. The monoisotopic (exact) mass is 638 g/mol. The molecule has 0 aromatic heterocycles. The molecule has 1 aliphatic rings. The van der Waals surface area contributed by atoms with Crippen molar-refractivity contribution in [3.05, 3.63) is 76.5 Å². The number of rotatable bonds is 8. The normalized spacial score (nSPS) is 14.0. The highest BCUT2D eigenvalue weighted by Gasteiger charge is 2.42. The summed E-state index contributed by atoms with van der Waals surface area (Å²) in [7, 11) is 2.89. The van der Waals surface area contributed by atoms with Crippen molar-refractivity contribution in [3.8, 4) is 0 Å². The number of aryl methyl sites for hydroxylation is 2. The Morgan fingerprint density at radius 3 is 1.78 bits per heavy atom. The number of ketones is 1. The summed E-state index contributed by atoms with van der Waals surface area (Å²) in [5, 5.41) is 0. The van der Waals surface area contributed by atoms with Gasteiger partial charge in [0.1, 0.15) is 12.2 Å². The molecular weight excluding hydrogens is 597 g/mol. The molecule has 0 unspecified atom stereocenters. The molecule has 1 aliphatic heterocycles. The highest BCUT2D eigenvalue weighted by Crippen LogP contribution is 2.39. The highest BCUT2D eigenvalue weighted by atomic mass is 19.4. The molecule has 2 aromatic carbocycles. The molecule has 9 nitrogen and oxygen atoms in total. The van der Waals surface area contributed by atoms with Crippen molar-refractivity contribution in [2.45, 2.75) is 78.9 Å². The van der Waals surface area contributed by atoms with E-state index >= 15 is 0 Å². The molecule has 3 rings (SSSR count). The third-order valence-corrected chi connectivity index (χ3v) is 5.97. The molecule has 0 N–H and O–H groups in total. The van der Waals surface area contributed by atoms with E-state index in [1.165, 1.54) is 33.6 Å². The van der Waals surface area contributed by atoms with E-state index in [1.54, 1.807) is 26.0 Å². The molecule has 0 spiro atoms. The minimum atomic E-state index is -4.87. The Hall–Kier alpha value is -4.19. The van der Waals surface area contributed by atoms with Gasteiger partial charge in [-0.1, -0.05) is 59.7 Å². The molecule has 0 saturated carbocycles. The highest BCUT2D eigenvalue weighted by molar-refractivity contribution is 6.03. The zero-order valence-corrected chi connectivity index (χ0v) is 27.2. The number of carbonyl (C=O) groups is 4. The molecule has 248 valence electrons. The SMILES string of the molecule is CC(C)OC(=O)C(F)(F)F.COC1=C(c2ccc(C)cc2)C(C)(C)OC1=O.COCC(=O)OC(C)(C)C(=O)c1ccc(C)cc1. The predicted octanol–water partition coefficient (Wildman–Crippen LogP) is 6.33. The lowest BCUT2D eigenvalue weighted by atomic mass is 9.91. The van der Waals surface area contributed by atoms with Crippen LogP contribution in [0.4, 0.5) is 13.2 Å². The molecule has 1 heterocycles. The molecule has 0 atom stereocenters. The third-order valence-electron chi connectivity index (χ3n) is 5.97. The van der Waals surface area contributed by atoms with Crippen LogP contribution in [0, 0.1) is 13.8 Å². The lowest BCUT2D eigenvalue weighted by Gasteiger charge is -2.23. The Morgan fingerprint density at radius 1 is 0.889 bits per heavy atom. The van der Waals surface area contributed by atoms with Gasteiger partial charge in [0.2, 0.25) is 11.5 Å². The van der Waals surface area contributed by atoms with Crippen molar-refractivity contribution in [3.63, 3.8) is 0 Å². The smallest absolute Gasteiger partial charge is 0.490 e. The largest absolute Gasteiger partial charge is 0.490 e. The van der Waals surface area contributed by atoms with Crippen LogP contribution in [0.5, 0.6) is 0 Å². The van der Waals surface area contributed by atoms with E-state index in [0.29, 0.717) is 11.3 Å². The van der Waals surface area contributed by atoms with E-state index in [4.69, 9.17) is 14.2 Å². The molecule has 0 saturated heterocycles. The summed E-state index contributed by atoms with van der Waals surface area (Å²) in [5.41, 5.74) is 2.71. The molecule has 0 fully saturated rings. The molecule has 0 bridgehead atoms. The topological polar surface area (TPSA) is 114 Å². The molecular formula is C33H41F3O9. The van der Waals surface area contributed by atoms with Gasteiger partial charge in [0, 0.05) is 12.7 Å². The zero-order valence-electron chi connectivity index (χ0n) is 27.2. The van der Waals surface area contributed by atoms with Gasteiger partial charge in [0.15, 0.2) is 5.60 Å².